The number of carbonyl (C=O) groups excluding carboxylic acids is 1. The molecule has 2 heterocycles. The Kier molecular flexibility index (Phi) is 5.44. The number of carbonyl (C=O) groups is 1. The smallest absolute Gasteiger partial charge is 0.350 e. The quantitative estimate of drug-likeness (QED) is 0.533. The first-order valence-electron chi connectivity index (χ1n) is 9.10. The van der Waals surface area contributed by atoms with E-state index in [2.05, 4.69) is 15.5 Å². The van der Waals surface area contributed by atoms with Crippen LogP contribution in [0.2, 0.25) is 0 Å². The molecule has 7 nitrogen and oxygen atoms in total. The molecule has 0 aliphatic rings. The number of rotatable bonds is 6. The third-order valence-corrected chi connectivity index (χ3v) is 5.22. The lowest BCUT2D eigenvalue weighted by molar-refractivity contribution is -0.122. The van der Waals surface area contributed by atoms with Crippen LogP contribution in [0.4, 0.5) is 0 Å². The molecule has 0 saturated carbocycles. The van der Waals surface area contributed by atoms with E-state index in [0.717, 1.165) is 20.7 Å². The highest BCUT2D eigenvalue weighted by molar-refractivity contribution is 7.99. The lowest BCUT2D eigenvalue weighted by atomic mass is 10.1. The van der Waals surface area contributed by atoms with Gasteiger partial charge in [-0.3, -0.25) is 4.79 Å². The zero-order valence-electron chi connectivity index (χ0n) is 15.8. The van der Waals surface area contributed by atoms with E-state index in [9.17, 15) is 9.59 Å². The second-order valence-electron chi connectivity index (χ2n) is 6.56. The summed E-state index contributed by atoms with van der Waals surface area (Å²) in [5.41, 5.74) is 2.11. The van der Waals surface area contributed by atoms with Gasteiger partial charge in [0, 0.05) is 11.4 Å². The van der Waals surface area contributed by atoms with E-state index in [1.807, 2.05) is 61.5 Å². The van der Waals surface area contributed by atoms with E-state index in [1.54, 1.807) is 12.1 Å². The van der Waals surface area contributed by atoms with Gasteiger partial charge in [-0.15, -0.1) is 5.10 Å². The van der Waals surface area contributed by atoms with Crippen LogP contribution >= 0.6 is 11.8 Å². The van der Waals surface area contributed by atoms with Crippen LogP contribution in [0.5, 0.6) is 0 Å². The number of nitrogens with one attached hydrogen (secondary N) is 1. The molecule has 0 atom stereocenters. The molecule has 0 aliphatic carbocycles. The van der Waals surface area contributed by atoms with Gasteiger partial charge >= 0.3 is 5.69 Å². The molecule has 0 spiro atoms. The summed E-state index contributed by atoms with van der Waals surface area (Å²) < 4.78 is 2.35. The van der Waals surface area contributed by atoms with E-state index >= 15 is 0 Å². The zero-order chi connectivity index (χ0) is 20.2. The molecule has 2 aromatic heterocycles. The number of hydrogen-bond donors (Lipinski definition) is 1. The number of aryl methyl sites for hydroxylation is 1. The summed E-state index contributed by atoms with van der Waals surface area (Å²) in [4.78, 5) is 25.9. The first kappa shape index (κ1) is 18.9. The van der Waals surface area contributed by atoms with Gasteiger partial charge in [0.2, 0.25) is 5.91 Å². The van der Waals surface area contributed by atoms with Crippen molar-refractivity contribution in [3.05, 3.63) is 88.3 Å². The minimum atomic E-state index is -0.444. The maximum Gasteiger partial charge on any atom is 0.367 e. The second kappa shape index (κ2) is 8.32. The molecule has 146 valence electrons. The summed E-state index contributed by atoms with van der Waals surface area (Å²) >= 11 is 1.45. The summed E-state index contributed by atoms with van der Waals surface area (Å²) in [6, 6.07) is 21.2. The van der Waals surface area contributed by atoms with Gasteiger partial charge in [-0.25, -0.2) is 9.48 Å². The number of hydrogen-bond acceptors (Lipinski definition) is 5. The molecule has 4 aromatic rings. The Morgan fingerprint density at radius 1 is 1.00 bits per heavy atom. The Bertz CT molecular complexity index is 1200. The largest absolute Gasteiger partial charge is 0.367 e. The Morgan fingerprint density at radius 3 is 2.52 bits per heavy atom. The molecule has 0 saturated heterocycles. The molecule has 8 heteroatoms. The Morgan fingerprint density at radius 2 is 1.76 bits per heavy atom. The number of fused-ring (bicyclic) bond motifs is 1. The molecule has 0 unspecified atom stereocenters. The van der Waals surface area contributed by atoms with E-state index in [0.29, 0.717) is 17.2 Å². The molecule has 29 heavy (non-hydrogen) atoms. The first-order valence-corrected chi connectivity index (χ1v) is 9.92. The number of benzene rings is 2. The molecule has 1 N–H and O–H groups in total. The Labute approximate surface area is 171 Å². The van der Waals surface area contributed by atoms with Crippen LogP contribution in [0.25, 0.3) is 5.65 Å². The number of nitrogens with zero attached hydrogens (tertiary/aromatic N) is 4. The number of amides is 1. The average molecular weight is 405 g/mol. The maximum absolute atomic E-state index is 12.6. The van der Waals surface area contributed by atoms with Crippen molar-refractivity contribution < 1.29 is 4.79 Å². The van der Waals surface area contributed by atoms with Gasteiger partial charge in [0.1, 0.15) is 11.6 Å². The van der Waals surface area contributed by atoms with Gasteiger partial charge in [0.05, 0.1) is 0 Å². The predicted octanol–water partition coefficient (Wildman–Crippen LogP) is 2.67. The highest BCUT2D eigenvalue weighted by Gasteiger charge is 2.12. The van der Waals surface area contributed by atoms with Gasteiger partial charge in [-0.2, -0.15) is 9.61 Å². The standard InChI is InChI=1S/C21H19N5O2S/c1-15-7-9-16(10-8-15)13-22-19(27)14-25-21(28)26-18(23-25)11-12-20(24-26)29-17-5-3-2-4-6-17/h2-12H,13-14H2,1H3,(H,22,27). The van der Waals surface area contributed by atoms with Crippen LogP contribution in [0.15, 0.2) is 81.4 Å². The molecule has 0 bridgehead atoms. The summed E-state index contributed by atoms with van der Waals surface area (Å²) in [6.45, 7) is 2.25. The van der Waals surface area contributed by atoms with Crippen molar-refractivity contribution in [2.24, 2.45) is 0 Å². The lowest BCUT2D eigenvalue weighted by Crippen LogP contribution is -2.32. The summed E-state index contributed by atoms with van der Waals surface area (Å²) in [5, 5.41) is 12.0. The Hall–Kier alpha value is -3.39. The van der Waals surface area contributed by atoms with Gasteiger partial charge in [-0.05, 0) is 36.8 Å². The summed E-state index contributed by atoms with van der Waals surface area (Å²) in [6.07, 6.45) is 0. The van der Waals surface area contributed by atoms with Crippen LogP contribution < -0.4 is 11.0 Å². The highest BCUT2D eigenvalue weighted by Crippen LogP contribution is 2.24. The fourth-order valence-electron chi connectivity index (χ4n) is 2.76. The third kappa shape index (κ3) is 4.55. The third-order valence-electron chi connectivity index (χ3n) is 4.28. The summed E-state index contributed by atoms with van der Waals surface area (Å²) in [7, 11) is 0. The van der Waals surface area contributed by atoms with Crippen molar-refractivity contribution in [2.75, 3.05) is 0 Å². The van der Waals surface area contributed by atoms with Crippen LogP contribution in [0, 0.1) is 6.92 Å². The summed E-state index contributed by atoms with van der Waals surface area (Å²) in [5.74, 6) is -0.282. The second-order valence-corrected chi connectivity index (χ2v) is 7.65. The molecule has 0 aliphatic heterocycles. The van der Waals surface area contributed by atoms with Crippen LogP contribution in [-0.2, 0) is 17.9 Å². The van der Waals surface area contributed by atoms with Crippen molar-refractivity contribution >= 4 is 23.3 Å². The van der Waals surface area contributed by atoms with Gasteiger partial charge in [0.15, 0.2) is 5.65 Å². The Balaban J connectivity index is 1.46. The molecule has 0 fully saturated rings. The van der Waals surface area contributed by atoms with E-state index in [4.69, 9.17) is 0 Å². The molecular formula is C21H19N5O2S. The van der Waals surface area contributed by atoms with Crippen molar-refractivity contribution in [3.8, 4) is 0 Å². The zero-order valence-corrected chi connectivity index (χ0v) is 16.6. The van der Waals surface area contributed by atoms with Crippen molar-refractivity contribution in [1.29, 1.82) is 0 Å². The van der Waals surface area contributed by atoms with E-state index < -0.39 is 5.69 Å². The van der Waals surface area contributed by atoms with Crippen molar-refractivity contribution in [1.82, 2.24) is 24.7 Å². The molecule has 1 amide bonds. The predicted molar refractivity (Wildman–Crippen MR) is 111 cm³/mol. The first-order chi connectivity index (χ1) is 14.1. The van der Waals surface area contributed by atoms with E-state index in [1.165, 1.54) is 16.3 Å². The molecular weight excluding hydrogens is 386 g/mol. The minimum Gasteiger partial charge on any atom is -0.350 e. The SMILES string of the molecule is Cc1ccc(CNC(=O)Cn2nc3ccc(Sc4ccccc4)nn3c2=O)cc1. The van der Waals surface area contributed by atoms with Crippen molar-refractivity contribution in [3.63, 3.8) is 0 Å². The monoisotopic (exact) mass is 405 g/mol. The lowest BCUT2D eigenvalue weighted by Gasteiger charge is -2.05. The maximum atomic E-state index is 12.6. The number of aromatic nitrogens is 4. The topological polar surface area (TPSA) is 81.3 Å². The minimum absolute atomic E-state index is 0.158. The van der Waals surface area contributed by atoms with Crippen LogP contribution in [0.1, 0.15) is 11.1 Å². The van der Waals surface area contributed by atoms with Gasteiger partial charge in [-0.1, -0.05) is 59.8 Å². The average Bonchev–Trinajstić information content (AvgIpc) is 3.03. The normalized spacial score (nSPS) is 10.9. The van der Waals surface area contributed by atoms with Gasteiger partial charge < -0.3 is 5.32 Å². The molecule has 2 aromatic carbocycles. The fourth-order valence-corrected chi connectivity index (χ4v) is 3.55. The molecule has 0 radical (unpaired) electrons. The molecule has 4 rings (SSSR count). The van der Waals surface area contributed by atoms with Crippen LogP contribution in [0.3, 0.4) is 0 Å². The van der Waals surface area contributed by atoms with E-state index in [-0.39, 0.29) is 12.5 Å². The van der Waals surface area contributed by atoms with Gasteiger partial charge in [0.25, 0.3) is 0 Å². The van der Waals surface area contributed by atoms with Crippen LogP contribution in [-0.4, -0.2) is 25.3 Å². The van der Waals surface area contributed by atoms with Crippen molar-refractivity contribution in [2.45, 2.75) is 29.9 Å². The highest BCUT2D eigenvalue weighted by atomic mass is 32.2. The fraction of sp³-hybridized carbons (Fsp3) is 0.143.